The molecule has 0 saturated heterocycles. The number of hydrogen-bond donors (Lipinski definition) is 2. The molecule has 1 aromatic carbocycles. The van der Waals surface area contributed by atoms with Crippen molar-refractivity contribution in [1.82, 2.24) is 5.32 Å². The topological polar surface area (TPSA) is 49.3 Å². The number of thiophene rings is 1. The molecule has 1 heterocycles. The Hall–Kier alpha value is -1.33. The van der Waals surface area contributed by atoms with Crippen molar-refractivity contribution in [3.05, 3.63) is 50.6 Å². The fourth-order valence-corrected chi connectivity index (χ4v) is 2.46. The summed E-state index contributed by atoms with van der Waals surface area (Å²) in [7, 11) is 0. The van der Waals surface area contributed by atoms with Crippen molar-refractivity contribution in [2.24, 2.45) is 0 Å². The highest BCUT2D eigenvalue weighted by atomic mass is 79.9. The maximum Gasteiger partial charge on any atom is 0.252 e. The van der Waals surface area contributed by atoms with Gasteiger partial charge in [-0.1, -0.05) is 12.1 Å². The third kappa shape index (κ3) is 3.31. The number of hydrogen-bond acceptors (Lipinski definition) is 3. The van der Waals surface area contributed by atoms with Gasteiger partial charge in [-0.15, -0.1) is 11.3 Å². The highest BCUT2D eigenvalue weighted by Crippen LogP contribution is 2.20. The van der Waals surface area contributed by atoms with Crippen LogP contribution in [-0.4, -0.2) is 11.0 Å². The van der Waals surface area contributed by atoms with Crippen LogP contribution in [0, 0.1) is 0 Å². The predicted octanol–water partition coefficient (Wildman–Crippen LogP) is 3.15. The minimum Gasteiger partial charge on any atom is -0.508 e. The maximum atomic E-state index is 11.7. The molecule has 17 heavy (non-hydrogen) atoms. The van der Waals surface area contributed by atoms with Crippen molar-refractivity contribution >= 4 is 33.2 Å². The molecule has 0 spiro atoms. The Morgan fingerprint density at radius 2 is 2.06 bits per heavy atom. The maximum absolute atomic E-state index is 11.7. The summed E-state index contributed by atoms with van der Waals surface area (Å²) in [6, 6.07) is 8.54. The van der Waals surface area contributed by atoms with Crippen LogP contribution in [-0.2, 0) is 6.54 Å². The first-order chi connectivity index (χ1) is 8.15. The number of carbonyl (C=O) groups is 1. The monoisotopic (exact) mass is 311 g/mol. The lowest BCUT2D eigenvalue weighted by molar-refractivity contribution is 0.0951. The molecule has 0 fully saturated rings. The van der Waals surface area contributed by atoms with Crippen molar-refractivity contribution in [3.63, 3.8) is 0 Å². The lowest BCUT2D eigenvalue weighted by atomic mass is 10.2. The molecule has 0 unspecified atom stereocenters. The van der Waals surface area contributed by atoms with Gasteiger partial charge in [0.05, 0.1) is 9.35 Å². The van der Waals surface area contributed by atoms with Crippen molar-refractivity contribution in [3.8, 4) is 5.75 Å². The van der Waals surface area contributed by atoms with Crippen LogP contribution in [0.3, 0.4) is 0 Å². The third-order valence-electron chi connectivity index (χ3n) is 2.22. The molecule has 3 nitrogen and oxygen atoms in total. The molecule has 0 aliphatic rings. The van der Waals surface area contributed by atoms with E-state index in [1.807, 2.05) is 0 Å². The molecule has 2 N–H and O–H groups in total. The molecule has 1 aromatic heterocycles. The van der Waals surface area contributed by atoms with Gasteiger partial charge in [-0.05, 0) is 39.7 Å². The average molecular weight is 312 g/mol. The molecule has 2 aromatic rings. The first-order valence-corrected chi connectivity index (χ1v) is 6.62. The number of phenolic OH excluding ortho intramolecular Hbond substituents is 1. The molecule has 0 atom stereocenters. The van der Waals surface area contributed by atoms with E-state index in [1.54, 1.807) is 35.7 Å². The Kier molecular flexibility index (Phi) is 3.81. The molecule has 5 heteroatoms. The minimum atomic E-state index is -0.0972. The van der Waals surface area contributed by atoms with E-state index in [9.17, 15) is 4.79 Å². The number of nitrogens with one attached hydrogen (secondary N) is 1. The smallest absolute Gasteiger partial charge is 0.252 e. The van der Waals surface area contributed by atoms with Gasteiger partial charge in [0.25, 0.3) is 5.91 Å². The molecule has 1 amide bonds. The Bertz CT molecular complexity index is 522. The lowest BCUT2D eigenvalue weighted by Gasteiger charge is -2.03. The first-order valence-electron chi connectivity index (χ1n) is 4.95. The van der Waals surface area contributed by atoms with Crippen LogP contribution in [0.2, 0.25) is 0 Å². The van der Waals surface area contributed by atoms with Crippen LogP contribution in [0.5, 0.6) is 5.75 Å². The van der Waals surface area contributed by atoms with Crippen LogP contribution in [0.15, 0.2) is 39.5 Å². The number of carbonyl (C=O) groups excluding carboxylic acids is 1. The summed E-state index contributed by atoms with van der Waals surface area (Å²) >= 11 is 4.79. The molecule has 0 radical (unpaired) electrons. The molecule has 0 bridgehead atoms. The molecule has 88 valence electrons. The van der Waals surface area contributed by atoms with E-state index >= 15 is 0 Å². The fourth-order valence-electron chi connectivity index (χ4n) is 1.33. The van der Waals surface area contributed by atoms with Gasteiger partial charge in [0.15, 0.2) is 0 Å². The third-order valence-corrected chi connectivity index (χ3v) is 3.72. The molecular formula is C12H10BrNO2S. The SMILES string of the molecule is O=C(NCc1ccc(O)cc1)c1csc(Br)c1. The van der Waals surface area contributed by atoms with Crippen LogP contribution < -0.4 is 5.32 Å². The van der Waals surface area contributed by atoms with Gasteiger partial charge >= 0.3 is 0 Å². The second-order valence-corrected chi connectivity index (χ2v) is 5.78. The minimum absolute atomic E-state index is 0.0972. The van der Waals surface area contributed by atoms with E-state index in [-0.39, 0.29) is 11.7 Å². The van der Waals surface area contributed by atoms with Gasteiger partial charge in [-0.25, -0.2) is 0 Å². The van der Waals surface area contributed by atoms with Crippen LogP contribution in [0.25, 0.3) is 0 Å². The molecular weight excluding hydrogens is 302 g/mol. The molecule has 0 saturated carbocycles. The Labute approximate surface area is 111 Å². The number of phenols is 1. The first kappa shape index (κ1) is 12.1. The van der Waals surface area contributed by atoms with Crippen molar-refractivity contribution in [1.29, 1.82) is 0 Å². The Morgan fingerprint density at radius 3 is 2.65 bits per heavy atom. The van der Waals surface area contributed by atoms with Crippen LogP contribution in [0.1, 0.15) is 15.9 Å². The van der Waals surface area contributed by atoms with Gasteiger partial charge in [0.2, 0.25) is 0 Å². The zero-order valence-corrected chi connectivity index (χ0v) is 11.2. The van der Waals surface area contributed by atoms with Crippen LogP contribution in [0.4, 0.5) is 0 Å². The number of benzene rings is 1. The number of aromatic hydroxyl groups is 1. The van der Waals surface area contributed by atoms with E-state index in [2.05, 4.69) is 21.2 Å². The predicted molar refractivity (Wildman–Crippen MR) is 71.3 cm³/mol. The second-order valence-electron chi connectivity index (χ2n) is 3.49. The molecule has 0 aliphatic heterocycles. The average Bonchev–Trinajstić information content (AvgIpc) is 2.75. The quantitative estimate of drug-likeness (QED) is 0.915. The van der Waals surface area contributed by atoms with Crippen molar-refractivity contribution in [2.75, 3.05) is 0 Å². The van der Waals surface area contributed by atoms with Crippen LogP contribution >= 0.6 is 27.3 Å². The summed E-state index contributed by atoms with van der Waals surface area (Å²) in [6.07, 6.45) is 0. The fraction of sp³-hybridized carbons (Fsp3) is 0.0833. The van der Waals surface area contributed by atoms with E-state index in [1.165, 1.54) is 11.3 Å². The second kappa shape index (κ2) is 5.33. The zero-order chi connectivity index (χ0) is 12.3. The standard InChI is InChI=1S/C12H10BrNO2S/c13-11-5-9(7-17-11)12(16)14-6-8-1-3-10(15)4-2-8/h1-5,7,15H,6H2,(H,14,16). The number of rotatable bonds is 3. The summed E-state index contributed by atoms with van der Waals surface area (Å²) in [5.74, 6) is 0.127. The Balaban J connectivity index is 1.94. The highest BCUT2D eigenvalue weighted by molar-refractivity contribution is 9.11. The zero-order valence-electron chi connectivity index (χ0n) is 8.81. The van der Waals surface area contributed by atoms with E-state index in [4.69, 9.17) is 5.11 Å². The lowest BCUT2D eigenvalue weighted by Crippen LogP contribution is -2.22. The van der Waals surface area contributed by atoms with Gasteiger partial charge in [-0.3, -0.25) is 4.79 Å². The van der Waals surface area contributed by atoms with Gasteiger partial charge < -0.3 is 10.4 Å². The van der Waals surface area contributed by atoms with Gasteiger partial charge in [0, 0.05) is 11.9 Å². The van der Waals surface area contributed by atoms with E-state index in [0.29, 0.717) is 12.1 Å². The number of amides is 1. The summed E-state index contributed by atoms with van der Waals surface area (Å²) in [4.78, 5) is 11.7. The normalized spacial score (nSPS) is 10.2. The Morgan fingerprint density at radius 1 is 1.35 bits per heavy atom. The number of halogens is 1. The molecule has 0 aliphatic carbocycles. The van der Waals surface area contributed by atoms with Crippen molar-refractivity contribution in [2.45, 2.75) is 6.54 Å². The highest BCUT2D eigenvalue weighted by Gasteiger charge is 2.07. The summed E-state index contributed by atoms with van der Waals surface area (Å²) in [6.45, 7) is 0.451. The molecule has 2 rings (SSSR count). The van der Waals surface area contributed by atoms with E-state index in [0.717, 1.165) is 9.35 Å². The largest absolute Gasteiger partial charge is 0.508 e. The van der Waals surface area contributed by atoms with E-state index < -0.39 is 0 Å². The summed E-state index contributed by atoms with van der Waals surface area (Å²) < 4.78 is 0.937. The summed E-state index contributed by atoms with van der Waals surface area (Å²) in [5, 5.41) is 13.7. The van der Waals surface area contributed by atoms with Gasteiger partial charge in [0.1, 0.15) is 5.75 Å². The van der Waals surface area contributed by atoms with Crippen molar-refractivity contribution < 1.29 is 9.90 Å². The summed E-state index contributed by atoms with van der Waals surface area (Å²) in [5.41, 5.74) is 1.60. The van der Waals surface area contributed by atoms with Gasteiger partial charge in [-0.2, -0.15) is 0 Å².